The number of hydrogen-bond donors (Lipinski definition) is 3. The Labute approximate surface area is 192 Å². The fourth-order valence-electron chi connectivity index (χ4n) is 3.50. The van der Waals surface area contributed by atoms with Crippen molar-refractivity contribution in [2.24, 2.45) is 11.7 Å². The summed E-state index contributed by atoms with van der Waals surface area (Å²) < 4.78 is 0. The number of carboxylic acid groups (broad SMARTS) is 1. The SMILES string of the molecule is CC(C)CN1C(=O)CN(CCC(=O)O)C(=O)c2cc(C#Cc3ccc(C(=N)N)cc3)ccc21. The molecule has 2 amide bonds. The molecule has 0 unspecified atom stereocenters. The van der Waals surface area contributed by atoms with Crippen LogP contribution in [0.4, 0.5) is 5.69 Å². The van der Waals surface area contributed by atoms with Gasteiger partial charge in [0.2, 0.25) is 5.91 Å². The Morgan fingerprint density at radius 2 is 1.76 bits per heavy atom. The molecular weight excluding hydrogens is 420 g/mol. The predicted octanol–water partition coefficient (Wildman–Crippen LogP) is 2.29. The van der Waals surface area contributed by atoms with Gasteiger partial charge in [0, 0.05) is 29.8 Å². The standard InChI is InChI=1S/C25H26N4O4/c1-16(2)14-29-21-10-7-18(4-3-17-5-8-19(9-6-17)24(26)27)13-20(21)25(33)28(15-22(29)30)12-11-23(31)32/h5-10,13,16H,11-12,14-15H2,1-2H3,(H3,26,27)(H,31,32). The van der Waals surface area contributed by atoms with Crippen LogP contribution >= 0.6 is 0 Å². The number of nitrogens with two attached hydrogens (primary N) is 1. The highest BCUT2D eigenvalue weighted by molar-refractivity contribution is 6.10. The number of fused-ring (bicyclic) bond motifs is 1. The molecule has 0 spiro atoms. The van der Waals surface area contributed by atoms with Gasteiger partial charge in [0.15, 0.2) is 0 Å². The molecule has 0 radical (unpaired) electrons. The van der Waals surface area contributed by atoms with Crippen molar-refractivity contribution in [3.8, 4) is 11.8 Å². The number of nitrogen functional groups attached to an aromatic ring is 1. The summed E-state index contributed by atoms with van der Waals surface area (Å²) in [7, 11) is 0. The zero-order chi connectivity index (χ0) is 24.1. The second kappa shape index (κ2) is 10.0. The summed E-state index contributed by atoms with van der Waals surface area (Å²) in [5.41, 5.74) is 8.22. The first kappa shape index (κ1) is 23.5. The van der Waals surface area contributed by atoms with Crippen LogP contribution < -0.4 is 10.6 Å². The summed E-state index contributed by atoms with van der Waals surface area (Å²) in [4.78, 5) is 40.1. The molecule has 0 fully saturated rings. The maximum atomic E-state index is 13.2. The van der Waals surface area contributed by atoms with Gasteiger partial charge >= 0.3 is 5.97 Å². The van der Waals surface area contributed by atoms with Gasteiger partial charge in [-0.1, -0.05) is 37.8 Å². The van der Waals surface area contributed by atoms with Crippen molar-refractivity contribution in [2.45, 2.75) is 20.3 Å². The molecule has 0 atom stereocenters. The fourth-order valence-corrected chi connectivity index (χ4v) is 3.50. The molecule has 2 aromatic rings. The average molecular weight is 447 g/mol. The summed E-state index contributed by atoms with van der Waals surface area (Å²) >= 11 is 0. The highest BCUT2D eigenvalue weighted by Gasteiger charge is 2.32. The van der Waals surface area contributed by atoms with Crippen LogP contribution in [0.25, 0.3) is 0 Å². The van der Waals surface area contributed by atoms with Crippen LogP contribution in [0.3, 0.4) is 0 Å². The largest absolute Gasteiger partial charge is 0.481 e. The predicted molar refractivity (Wildman–Crippen MR) is 125 cm³/mol. The number of amides is 2. The zero-order valence-electron chi connectivity index (χ0n) is 18.6. The average Bonchev–Trinajstić information content (AvgIpc) is 2.86. The summed E-state index contributed by atoms with van der Waals surface area (Å²) in [6, 6.07) is 12.1. The normalized spacial score (nSPS) is 13.3. The summed E-state index contributed by atoms with van der Waals surface area (Å²) in [6.07, 6.45) is -0.242. The van der Waals surface area contributed by atoms with Crippen molar-refractivity contribution in [3.63, 3.8) is 0 Å². The van der Waals surface area contributed by atoms with Crippen LogP contribution in [0.2, 0.25) is 0 Å². The third-order valence-electron chi connectivity index (χ3n) is 5.12. The Balaban J connectivity index is 1.98. The summed E-state index contributed by atoms with van der Waals surface area (Å²) in [6.45, 7) is 4.20. The number of carbonyl (C=O) groups excluding carboxylic acids is 2. The molecule has 33 heavy (non-hydrogen) atoms. The molecule has 0 bridgehead atoms. The number of benzene rings is 2. The van der Waals surface area contributed by atoms with Crippen LogP contribution in [0.5, 0.6) is 0 Å². The number of anilines is 1. The summed E-state index contributed by atoms with van der Waals surface area (Å²) in [5, 5.41) is 16.5. The molecule has 8 nitrogen and oxygen atoms in total. The fraction of sp³-hybridized carbons (Fsp3) is 0.280. The van der Waals surface area contributed by atoms with Gasteiger partial charge in [-0.2, -0.15) is 0 Å². The van der Waals surface area contributed by atoms with Crippen LogP contribution in [-0.2, 0) is 9.59 Å². The van der Waals surface area contributed by atoms with Crippen molar-refractivity contribution in [1.29, 1.82) is 5.41 Å². The topological polar surface area (TPSA) is 128 Å². The number of nitrogens with one attached hydrogen (secondary N) is 1. The highest BCUT2D eigenvalue weighted by atomic mass is 16.4. The van der Waals surface area contributed by atoms with Gasteiger partial charge in [-0.3, -0.25) is 19.8 Å². The first-order chi connectivity index (χ1) is 15.7. The first-order valence-corrected chi connectivity index (χ1v) is 10.6. The second-order valence-electron chi connectivity index (χ2n) is 8.24. The molecule has 4 N–H and O–H groups in total. The van der Waals surface area contributed by atoms with E-state index in [4.69, 9.17) is 16.2 Å². The molecule has 1 aliphatic rings. The number of carbonyl (C=O) groups is 3. The van der Waals surface area contributed by atoms with E-state index in [-0.39, 0.29) is 43.1 Å². The highest BCUT2D eigenvalue weighted by Crippen LogP contribution is 2.28. The molecule has 0 aromatic heterocycles. The van der Waals surface area contributed by atoms with Gasteiger partial charge in [0.05, 0.1) is 17.7 Å². The number of amidine groups is 1. The Kier molecular flexibility index (Phi) is 7.13. The molecule has 8 heteroatoms. The number of nitrogens with zero attached hydrogens (tertiary/aromatic N) is 2. The minimum Gasteiger partial charge on any atom is -0.481 e. The lowest BCUT2D eigenvalue weighted by molar-refractivity contribution is -0.137. The van der Waals surface area contributed by atoms with E-state index in [1.165, 1.54) is 4.90 Å². The van der Waals surface area contributed by atoms with Crippen molar-refractivity contribution >= 4 is 29.3 Å². The Morgan fingerprint density at radius 1 is 1.12 bits per heavy atom. The van der Waals surface area contributed by atoms with Gasteiger partial charge in [-0.15, -0.1) is 0 Å². The van der Waals surface area contributed by atoms with E-state index in [9.17, 15) is 14.4 Å². The van der Waals surface area contributed by atoms with Crippen molar-refractivity contribution in [2.75, 3.05) is 24.5 Å². The van der Waals surface area contributed by atoms with Gasteiger partial charge in [-0.05, 0) is 36.2 Å². The molecule has 3 rings (SSSR count). The molecule has 1 aliphatic heterocycles. The lowest BCUT2D eigenvalue weighted by atomic mass is 10.0. The van der Waals surface area contributed by atoms with Crippen LogP contribution in [0.15, 0.2) is 42.5 Å². The zero-order valence-corrected chi connectivity index (χ0v) is 18.6. The third-order valence-corrected chi connectivity index (χ3v) is 5.12. The second-order valence-corrected chi connectivity index (χ2v) is 8.24. The molecule has 0 aliphatic carbocycles. The number of aliphatic carboxylic acids is 1. The number of rotatable bonds is 6. The van der Waals surface area contributed by atoms with Gasteiger partial charge in [0.25, 0.3) is 5.91 Å². The van der Waals surface area contributed by atoms with E-state index >= 15 is 0 Å². The van der Waals surface area contributed by atoms with Crippen molar-refractivity contribution < 1.29 is 19.5 Å². The minimum absolute atomic E-state index is 0.0216. The van der Waals surface area contributed by atoms with Gasteiger partial charge in [0.1, 0.15) is 12.4 Å². The van der Waals surface area contributed by atoms with E-state index < -0.39 is 5.97 Å². The van der Waals surface area contributed by atoms with Gasteiger partial charge < -0.3 is 20.6 Å². The van der Waals surface area contributed by atoms with Crippen molar-refractivity contribution in [3.05, 3.63) is 64.7 Å². The quantitative estimate of drug-likeness (QED) is 0.356. The van der Waals surface area contributed by atoms with Gasteiger partial charge in [-0.25, -0.2) is 0 Å². The monoisotopic (exact) mass is 446 g/mol. The molecule has 2 aromatic carbocycles. The van der Waals surface area contributed by atoms with E-state index in [2.05, 4.69) is 11.8 Å². The molecule has 1 heterocycles. The Hall–Kier alpha value is -4.12. The smallest absolute Gasteiger partial charge is 0.305 e. The number of hydrogen-bond acceptors (Lipinski definition) is 4. The van der Waals surface area contributed by atoms with E-state index in [1.807, 2.05) is 13.8 Å². The number of carboxylic acids is 1. The van der Waals surface area contributed by atoms with Crippen molar-refractivity contribution in [1.82, 2.24) is 4.90 Å². The van der Waals surface area contributed by atoms with E-state index in [0.29, 0.717) is 28.9 Å². The van der Waals surface area contributed by atoms with Crippen LogP contribution in [0, 0.1) is 23.2 Å². The molecule has 170 valence electrons. The Bertz CT molecular complexity index is 1160. The Morgan fingerprint density at radius 3 is 2.36 bits per heavy atom. The molecular formula is C25H26N4O4. The molecule has 0 saturated carbocycles. The van der Waals surface area contributed by atoms with E-state index in [0.717, 1.165) is 5.56 Å². The van der Waals surface area contributed by atoms with Crippen LogP contribution in [0.1, 0.15) is 47.3 Å². The van der Waals surface area contributed by atoms with Crippen LogP contribution in [-0.4, -0.2) is 53.3 Å². The first-order valence-electron chi connectivity index (χ1n) is 10.6. The maximum Gasteiger partial charge on any atom is 0.305 e. The molecule has 0 saturated heterocycles. The maximum absolute atomic E-state index is 13.2. The lowest BCUT2D eigenvalue weighted by Gasteiger charge is -2.24. The third kappa shape index (κ3) is 5.77. The minimum atomic E-state index is -1.03. The lowest BCUT2D eigenvalue weighted by Crippen LogP contribution is -2.41. The van der Waals surface area contributed by atoms with E-state index in [1.54, 1.807) is 47.4 Å². The summed E-state index contributed by atoms with van der Waals surface area (Å²) in [5.74, 6) is 4.55.